The number of hydrogen-bond acceptors (Lipinski definition) is 6. The van der Waals surface area contributed by atoms with Gasteiger partial charge in [0.25, 0.3) is 0 Å². The van der Waals surface area contributed by atoms with E-state index in [4.69, 9.17) is 4.74 Å². The third-order valence-corrected chi connectivity index (χ3v) is 5.09. The molecule has 0 bridgehead atoms. The van der Waals surface area contributed by atoms with E-state index in [1.54, 1.807) is 7.11 Å². The van der Waals surface area contributed by atoms with Crippen LogP contribution < -0.4 is 10.1 Å². The van der Waals surface area contributed by atoms with Crippen LogP contribution in [0.4, 0.5) is 5.82 Å². The molecule has 1 aromatic rings. The maximum atomic E-state index is 5.05. The quantitative estimate of drug-likeness (QED) is 0.886. The van der Waals surface area contributed by atoms with Crippen LogP contribution >= 0.6 is 23.5 Å². The molecule has 0 aromatic carbocycles. The Morgan fingerprint density at radius 3 is 3.19 bits per heavy atom. The summed E-state index contributed by atoms with van der Waals surface area (Å²) < 4.78 is 5.05. The van der Waals surface area contributed by atoms with Gasteiger partial charge in [0.15, 0.2) is 0 Å². The van der Waals surface area contributed by atoms with Crippen molar-refractivity contribution in [2.75, 3.05) is 36.2 Å². The molecule has 1 aromatic heterocycles. The second-order valence-electron chi connectivity index (χ2n) is 3.39. The van der Waals surface area contributed by atoms with Gasteiger partial charge >= 0.3 is 0 Å². The smallest absolute Gasteiger partial charge is 0.218 e. The van der Waals surface area contributed by atoms with E-state index < -0.39 is 0 Å². The van der Waals surface area contributed by atoms with Crippen LogP contribution in [-0.2, 0) is 0 Å². The van der Waals surface area contributed by atoms with Crippen molar-refractivity contribution in [2.24, 2.45) is 0 Å². The molecule has 2 heterocycles. The Kier molecular flexibility index (Phi) is 4.59. The third kappa shape index (κ3) is 3.45. The van der Waals surface area contributed by atoms with E-state index in [0.717, 1.165) is 12.4 Å². The molecule has 88 valence electrons. The zero-order valence-electron chi connectivity index (χ0n) is 9.18. The summed E-state index contributed by atoms with van der Waals surface area (Å²) in [6.07, 6.45) is 1.52. The molecule has 0 spiro atoms. The van der Waals surface area contributed by atoms with Crippen molar-refractivity contribution in [3.8, 4) is 5.88 Å². The van der Waals surface area contributed by atoms with Crippen molar-refractivity contribution >= 4 is 29.3 Å². The van der Waals surface area contributed by atoms with Gasteiger partial charge in [0.2, 0.25) is 5.88 Å². The Labute approximate surface area is 104 Å². The first-order valence-corrected chi connectivity index (χ1v) is 7.38. The van der Waals surface area contributed by atoms with Crippen LogP contribution in [0.5, 0.6) is 5.88 Å². The Morgan fingerprint density at radius 2 is 2.44 bits per heavy atom. The minimum absolute atomic E-state index is 0.600. The van der Waals surface area contributed by atoms with Gasteiger partial charge in [-0.3, -0.25) is 0 Å². The summed E-state index contributed by atoms with van der Waals surface area (Å²) in [5.74, 6) is 5.19. The first kappa shape index (κ1) is 11.9. The molecule has 0 radical (unpaired) electrons. The van der Waals surface area contributed by atoms with E-state index in [0.29, 0.717) is 11.1 Å². The number of rotatable bonds is 4. The topological polar surface area (TPSA) is 47.0 Å². The maximum Gasteiger partial charge on any atom is 0.218 e. The van der Waals surface area contributed by atoms with Gasteiger partial charge in [0.1, 0.15) is 12.1 Å². The van der Waals surface area contributed by atoms with Crippen LogP contribution in [0.2, 0.25) is 0 Å². The second kappa shape index (κ2) is 6.20. The van der Waals surface area contributed by atoms with Crippen molar-refractivity contribution in [3.05, 3.63) is 12.4 Å². The molecule has 1 saturated heterocycles. The predicted octanol–water partition coefficient (Wildman–Crippen LogP) is 1.75. The van der Waals surface area contributed by atoms with Gasteiger partial charge in [-0.15, -0.1) is 0 Å². The number of nitrogens with zero attached hydrogens (tertiary/aromatic N) is 2. The summed E-state index contributed by atoms with van der Waals surface area (Å²) in [7, 11) is 1.61. The highest BCUT2D eigenvalue weighted by Gasteiger charge is 2.13. The molecule has 1 N–H and O–H groups in total. The number of ether oxygens (including phenoxy) is 1. The maximum absolute atomic E-state index is 5.05. The zero-order valence-corrected chi connectivity index (χ0v) is 10.8. The van der Waals surface area contributed by atoms with Gasteiger partial charge in [-0.25, -0.2) is 9.97 Å². The lowest BCUT2D eigenvalue weighted by Gasteiger charge is -2.21. The highest BCUT2D eigenvalue weighted by atomic mass is 32.2. The van der Waals surface area contributed by atoms with E-state index in [-0.39, 0.29) is 0 Å². The summed E-state index contributed by atoms with van der Waals surface area (Å²) in [6.45, 7) is 0.956. The Hall–Kier alpha value is -0.620. The van der Waals surface area contributed by atoms with Crippen LogP contribution in [0.15, 0.2) is 12.4 Å². The average Bonchev–Trinajstić information content (AvgIpc) is 2.38. The van der Waals surface area contributed by atoms with E-state index in [1.807, 2.05) is 29.6 Å². The van der Waals surface area contributed by atoms with Crippen molar-refractivity contribution in [2.45, 2.75) is 5.25 Å². The Morgan fingerprint density at radius 1 is 1.50 bits per heavy atom. The molecule has 1 aliphatic rings. The van der Waals surface area contributed by atoms with E-state index >= 15 is 0 Å². The molecule has 4 nitrogen and oxygen atoms in total. The van der Waals surface area contributed by atoms with Crippen LogP contribution in [0, 0.1) is 0 Å². The molecule has 1 aliphatic heterocycles. The minimum atomic E-state index is 0.600. The van der Waals surface area contributed by atoms with Crippen LogP contribution in [0.3, 0.4) is 0 Å². The minimum Gasteiger partial charge on any atom is -0.481 e. The fraction of sp³-hybridized carbons (Fsp3) is 0.600. The number of aromatic nitrogens is 2. The molecular weight excluding hydrogens is 242 g/mol. The number of thioether (sulfide) groups is 2. The SMILES string of the molecule is COc1cc(NCC2CSCCS2)ncn1. The van der Waals surface area contributed by atoms with Crippen molar-refractivity contribution in [1.29, 1.82) is 0 Å². The third-order valence-electron chi connectivity index (χ3n) is 2.25. The normalized spacial score (nSPS) is 20.4. The molecule has 6 heteroatoms. The van der Waals surface area contributed by atoms with Gasteiger partial charge in [0, 0.05) is 35.1 Å². The Balaban J connectivity index is 1.83. The largest absolute Gasteiger partial charge is 0.481 e. The fourth-order valence-electron chi connectivity index (χ4n) is 1.42. The van der Waals surface area contributed by atoms with Gasteiger partial charge in [-0.05, 0) is 0 Å². The molecule has 1 atom stereocenters. The number of hydrogen-bond donors (Lipinski definition) is 1. The van der Waals surface area contributed by atoms with Crippen molar-refractivity contribution < 1.29 is 4.74 Å². The number of anilines is 1. The van der Waals surface area contributed by atoms with Gasteiger partial charge in [-0.2, -0.15) is 23.5 Å². The molecule has 16 heavy (non-hydrogen) atoms. The zero-order chi connectivity index (χ0) is 11.2. The van der Waals surface area contributed by atoms with E-state index in [9.17, 15) is 0 Å². The monoisotopic (exact) mass is 257 g/mol. The summed E-state index contributed by atoms with van der Waals surface area (Å²) in [6, 6.07) is 1.82. The van der Waals surface area contributed by atoms with Crippen molar-refractivity contribution in [1.82, 2.24) is 9.97 Å². The number of nitrogens with one attached hydrogen (secondary N) is 1. The van der Waals surface area contributed by atoms with Crippen LogP contribution in [0.25, 0.3) is 0 Å². The first-order chi connectivity index (χ1) is 7.88. The summed E-state index contributed by atoms with van der Waals surface area (Å²) in [5.41, 5.74) is 0. The first-order valence-electron chi connectivity index (χ1n) is 5.18. The summed E-state index contributed by atoms with van der Waals surface area (Å²) in [5, 5.41) is 4.00. The highest BCUT2D eigenvalue weighted by molar-refractivity contribution is 8.06. The standard InChI is InChI=1S/C10H15N3OS2/c1-14-10-4-9(12-7-13-10)11-5-8-6-15-2-3-16-8/h4,7-8H,2-3,5-6H2,1H3,(H,11,12,13). The average molecular weight is 257 g/mol. The predicted molar refractivity (Wildman–Crippen MR) is 70.6 cm³/mol. The van der Waals surface area contributed by atoms with E-state index in [2.05, 4.69) is 15.3 Å². The molecule has 0 saturated carbocycles. The summed E-state index contributed by atoms with van der Waals surface area (Å²) in [4.78, 5) is 8.12. The molecule has 0 amide bonds. The molecule has 1 unspecified atom stereocenters. The van der Waals surface area contributed by atoms with E-state index in [1.165, 1.54) is 23.6 Å². The van der Waals surface area contributed by atoms with Gasteiger partial charge in [0.05, 0.1) is 7.11 Å². The molecule has 0 aliphatic carbocycles. The molecule has 2 rings (SSSR count). The molecule has 1 fully saturated rings. The Bertz CT molecular complexity index is 332. The van der Waals surface area contributed by atoms with Gasteiger partial charge < -0.3 is 10.1 Å². The fourth-order valence-corrected chi connectivity index (χ4v) is 4.03. The lowest BCUT2D eigenvalue weighted by molar-refractivity contribution is 0.397. The van der Waals surface area contributed by atoms with Gasteiger partial charge in [-0.1, -0.05) is 0 Å². The van der Waals surface area contributed by atoms with Crippen molar-refractivity contribution in [3.63, 3.8) is 0 Å². The number of methoxy groups -OCH3 is 1. The highest BCUT2D eigenvalue weighted by Crippen LogP contribution is 2.24. The van der Waals surface area contributed by atoms with Crippen LogP contribution in [0.1, 0.15) is 0 Å². The molecular formula is C10H15N3OS2. The lowest BCUT2D eigenvalue weighted by Crippen LogP contribution is -2.23. The summed E-state index contributed by atoms with van der Waals surface area (Å²) >= 11 is 4.06. The second-order valence-corrected chi connectivity index (χ2v) is 5.95. The van der Waals surface area contributed by atoms with Crippen LogP contribution in [-0.4, -0.2) is 46.1 Å². The lowest BCUT2D eigenvalue weighted by atomic mass is 10.4.